The molecule has 82 heavy (non-hydrogen) atoms. The summed E-state index contributed by atoms with van der Waals surface area (Å²) in [7, 11) is 1.48. The fourth-order valence-corrected chi connectivity index (χ4v) is 10.4. The molecule has 0 aliphatic heterocycles. The van der Waals surface area contributed by atoms with Gasteiger partial charge in [0, 0.05) is 12.8 Å². The van der Waals surface area contributed by atoms with E-state index < -0.39 is 26.5 Å². The van der Waals surface area contributed by atoms with Crippen molar-refractivity contribution < 1.29 is 42.1 Å². The van der Waals surface area contributed by atoms with Gasteiger partial charge in [-0.15, -0.1) is 0 Å². The van der Waals surface area contributed by atoms with Crippen molar-refractivity contribution in [1.82, 2.24) is 0 Å². The zero-order valence-corrected chi connectivity index (χ0v) is 55.1. The van der Waals surface area contributed by atoms with Crippen LogP contribution in [0.4, 0.5) is 0 Å². The highest BCUT2D eigenvalue weighted by molar-refractivity contribution is 7.47. The number of esters is 2. The van der Waals surface area contributed by atoms with E-state index in [4.69, 9.17) is 18.5 Å². The van der Waals surface area contributed by atoms with Gasteiger partial charge in [-0.2, -0.15) is 0 Å². The Kier molecular flexibility index (Phi) is 60.6. The second-order valence-corrected chi connectivity index (χ2v) is 25.6. The molecule has 2 unspecified atom stereocenters. The predicted molar refractivity (Wildman–Crippen MR) is 353 cm³/mol. The highest BCUT2D eigenvalue weighted by atomic mass is 31.2. The normalized spacial score (nSPS) is 13.7. The van der Waals surface area contributed by atoms with E-state index in [-0.39, 0.29) is 32.0 Å². The van der Waals surface area contributed by atoms with Crippen LogP contribution >= 0.6 is 7.82 Å². The molecule has 0 aromatic heterocycles. The van der Waals surface area contributed by atoms with E-state index in [9.17, 15) is 19.0 Å². The molecule has 0 amide bonds. The number of phosphoric ester groups is 1. The Bertz CT molecular complexity index is 1660. The number of allylic oxidation sites excluding steroid dienone is 14. The van der Waals surface area contributed by atoms with Gasteiger partial charge in [0.25, 0.3) is 0 Å². The number of ether oxygens (including phenoxy) is 2. The van der Waals surface area contributed by atoms with Crippen LogP contribution in [0.25, 0.3) is 0 Å². The molecule has 0 aliphatic carbocycles. The molecule has 1 N–H and O–H groups in total. The number of quaternary nitrogens is 1. The molecule has 0 fully saturated rings. The average molecular weight is 1170 g/mol. The molecule has 2 atom stereocenters. The van der Waals surface area contributed by atoms with Crippen molar-refractivity contribution in [2.45, 2.75) is 315 Å². The molecule has 10 heteroatoms. The minimum Gasteiger partial charge on any atom is -0.462 e. The van der Waals surface area contributed by atoms with Gasteiger partial charge in [-0.05, 0) is 89.9 Å². The quantitative estimate of drug-likeness (QED) is 0.0211. The van der Waals surface area contributed by atoms with Crippen LogP contribution in [0.3, 0.4) is 0 Å². The second kappa shape index (κ2) is 62.7. The minimum atomic E-state index is -4.39. The standard InChI is InChI=1S/C72H130NO8P/c1-6-8-10-12-14-16-18-20-22-24-26-28-30-32-34-36-38-40-42-44-46-48-50-52-54-56-58-60-62-64-71(74)78-68-70(69-80-82(76,77)79-67-66-73(3,4)5)81-72(75)65-63-61-59-57-55-53-51-49-47-45-43-41-39-37-35-33-31-29-27-25-23-21-19-17-15-13-11-9-7-2/h9,11,15,17-18,20-21,23-24,26-27,29,33,35,70H,6-8,10,12-14,16,19,22,25,28,30-32,34,36-69H2,1-5H3/p+1/b11-9-,17-15-,20-18-,23-21-,26-24-,29-27-,35-33-. The van der Waals surface area contributed by atoms with E-state index in [1.165, 1.54) is 199 Å². The number of nitrogens with zero attached hydrogens (tertiary/aromatic N) is 1. The second-order valence-electron chi connectivity index (χ2n) is 24.2. The summed E-state index contributed by atoms with van der Waals surface area (Å²) in [6.45, 7) is 4.34. The molecule has 9 nitrogen and oxygen atoms in total. The summed E-state index contributed by atoms with van der Waals surface area (Å²) >= 11 is 0. The first-order valence-electron chi connectivity index (χ1n) is 34.3. The number of rotatable bonds is 63. The first kappa shape index (κ1) is 79.2. The summed E-state index contributed by atoms with van der Waals surface area (Å²) in [5.74, 6) is -0.789. The Morgan fingerprint density at radius 3 is 1.04 bits per heavy atom. The van der Waals surface area contributed by atoms with Gasteiger partial charge in [0.15, 0.2) is 6.10 Å². The van der Waals surface area contributed by atoms with Gasteiger partial charge >= 0.3 is 19.8 Å². The van der Waals surface area contributed by atoms with E-state index in [0.717, 1.165) is 77.0 Å². The van der Waals surface area contributed by atoms with Gasteiger partial charge in [-0.3, -0.25) is 18.6 Å². The summed E-state index contributed by atoms with van der Waals surface area (Å²) in [6.07, 6.45) is 85.3. The van der Waals surface area contributed by atoms with E-state index in [1.54, 1.807) is 0 Å². The number of phosphoric acid groups is 1. The summed E-state index contributed by atoms with van der Waals surface area (Å²) in [5.41, 5.74) is 0. The van der Waals surface area contributed by atoms with Gasteiger partial charge in [-0.25, -0.2) is 4.57 Å². The molecule has 0 aromatic rings. The lowest BCUT2D eigenvalue weighted by atomic mass is 10.0. The Balaban J connectivity index is 4.05. The van der Waals surface area contributed by atoms with Crippen LogP contribution in [0.15, 0.2) is 85.1 Å². The van der Waals surface area contributed by atoms with E-state index in [0.29, 0.717) is 17.4 Å². The molecular weight excluding hydrogens is 1040 g/mol. The third-order valence-electron chi connectivity index (χ3n) is 14.9. The molecule has 0 aliphatic rings. The third-order valence-corrected chi connectivity index (χ3v) is 15.9. The molecule has 0 saturated heterocycles. The topological polar surface area (TPSA) is 108 Å². The smallest absolute Gasteiger partial charge is 0.462 e. The van der Waals surface area contributed by atoms with Crippen LogP contribution < -0.4 is 0 Å². The monoisotopic (exact) mass is 1170 g/mol. The fourth-order valence-electron chi connectivity index (χ4n) is 9.66. The van der Waals surface area contributed by atoms with Crippen molar-refractivity contribution >= 4 is 19.8 Å². The number of hydrogen-bond donors (Lipinski definition) is 1. The van der Waals surface area contributed by atoms with Crippen molar-refractivity contribution in [2.75, 3.05) is 47.5 Å². The molecule has 0 radical (unpaired) electrons. The zero-order valence-electron chi connectivity index (χ0n) is 54.2. The van der Waals surface area contributed by atoms with Gasteiger partial charge in [0.2, 0.25) is 0 Å². The van der Waals surface area contributed by atoms with Crippen LogP contribution in [0.5, 0.6) is 0 Å². The molecule has 476 valence electrons. The summed E-state index contributed by atoms with van der Waals surface area (Å²) in [4.78, 5) is 35.9. The number of carbonyl (C=O) groups is 2. The van der Waals surface area contributed by atoms with Crippen molar-refractivity contribution in [3.63, 3.8) is 0 Å². The number of unbranched alkanes of at least 4 members (excludes halogenated alkanes) is 35. The van der Waals surface area contributed by atoms with Gasteiger partial charge in [-0.1, -0.05) is 292 Å². The Labute approximate surface area is 507 Å². The summed E-state index contributed by atoms with van der Waals surface area (Å²) < 4.78 is 34.7. The van der Waals surface area contributed by atoms with Crippen LogP contribution in [0.1, 0.15) is 309 Å². The zero-order chi connectivity index (χ0) is 59.8. The van der Waals surface area contributed by atoms with Crippen molar-refractivity contribution in [3.8, 4) is 0 Å². The molecule has 0 aromatic carbocycles. The maximum absolute atomic E-state index is 12.9. The van der Waals surface area contributed by atoms with E-state index in [2.05, 4.69) is 98.9 Å². The lowest BCUT2D eigenvalue weighted by molar-refractivity contribution is -0.870. The van der Waals surface area contributed by atoms with Crippen molar-refractivity contribution in [2.24, 2.45) is 0 Å². The Hall–Kier alpha value is -2.81. The van der Waals surface area contributed by atoms with E-state index in [1.807, 2.05) is 21.1 Å². The Morgan fingerprint density at radius 1 is 0.390 bits per heavy atom. The molecule has 0 saturated carbocycles. The van der Waals surface area contributed by atoms with E-state index >= 15 is 0 Å². The SMILES string of the molecule is CC/C=C\C/C=C\C/C=C\C/C=C\C/C=C\CCCCCCCCCCCCCCCC(=O)OC(COC(=O)CCCCCCCCCCCCCCCCCCC/C=C\C/C=C\CCCCCCC)COP(=O)(O)OCC[N+](C)(C)C. The number of likely N-dealkylation sites (N-methyl/N-ethyl adjacent to an activating group) is 1. The first-order chi connectivity index (χ1) is 40.0. The molecular formula is C72H131NO8P+. The van der Waals surface area contributed by atoms with Gasteiger partial charge in [0.1, 0.15) is 19.8 Å². The maximum atomic E-state index is 12.9. The molecule has 0 bridgehead atoms. The lowest BCUT2D eigenvalue weighted by Gasteiger charge is -2.24. The lowest BCUT2D eigenvalue weighted by Crippen LogP contribution is -2.37. The van der Waals surface area contributed by atoms with Crippen LogP contribution in [0.2, 0.25) is 0 Å². The fraction of sp³-hybridized carbons (Fsp3) is 0.778. The molecule has 0 rings (SSSR count). The number of carbonyl (C=O) groups excluding carboxylic acids is 2. The van der Waals surface area contributed by atoms with Crippen LogP contribution in [0, 0.1) is 0 Å². The molecule has 0 spiro atoms. The highest BCUT2D eigenvalue weighted by Gasteiger charge is 2.27. The van der Waals surface area contributed by atoms with Crippen LogP contribution in [-0.2, 0) is 32.7 Å². The summed E-state index contributed by atoms with van der Waals surface area (Å²) in [6, 6.07) is 0. The van der Waals surface area contributed by atoms with Gasteiger partial charge < -0.3 is 18.9 Å². The molecule has 0 heterocycles. The predicted octanol–water partition coefficient (Wildman–Crippen LogP) is 22.2. The maximum Gasteiger partial charge on any atom is 0.472 e. The van der Waals surface area contributed by atoms with Crippen molar-refractivity contribution in [1.29, 1.82) is 0 Å². The van der Waals surface area contributed by atoms with Crippen LogP contribution in [-0.4, -0.2) is 74.9 Å². The minimum absolute atomic E-state index is 0.0300. The number of hydrogen-bond acceptors (Lipinski definition) is 7. The van der Waals surface area contributed by atoms with Gasteiger partial charge in [0.05, 0.1) is 27.7 Å². The van der Waals surface area contributed by atoms with Crippen molar-refractivity contribution in [3.05, 3.63) is 85.1 Å². The average Bonchev–Trinajstić information content (AvgIpc) is 3.45. The Morgan fingerprint density at radius 2 is 0.695 bits per heavy atom. The first-order valence-corrected chi connectivity index (χ1v) is 35.8. The highest BCUT2D eigenvalue weighted by Crippen LogP contribution is 2.43. The third kappa shape index (κ3) is 66.3. The summed E-state index contributed by atoms with van der Waals surface area (Å²) in [5, 5.41) is 0. The largest absolute Gasteiger partial charge is 0.472 e.